The van der Waals surface area contributed by atoms with Crippen molar-refractivity contribution in [2.45, 2.75) is 26.9 Å². The Morgan fingerprint density at radius 1 is 1.03 bits per heavy atom. The predicted octanol–water partition coefficient (Wildman–Crippen LogP) is 6.22. The van der Waals surface area contributed by atoms with Gasteiger partial charge in [0.1, 0.15) is 0 Å². The predicted molar refractivity (Wildman–Crippen MR) is 107 cm³/mol. The zero-order valence-corrected chi connectivity index (χ0v) is 16.2. The summed E-state index contributed by atoms with van der Waals surface area (Å²) >= 11 is 0. The number of hydrogen-bond acceptors (Lipinski definition) is 3. The Morgan fingerprint density at radius 3 is 2.28 bits per heavy atom. The lowest BCUT2D eigenvalue weighted by molar-refractivity contribution is -0.137. The minimum absolute atomic E-state index is 0.438. The molecule has 0 amide bonds. The highest BCUT2D eigenvalue weighted by molar-refractivity contribution is 5.66. The van der Waals surface area contributed by atoms with Gasteiger partial charge in [-0.25, -0.2) is 0 Å². The van der Waals surface area contributed by atoms with Crippen LogP contribution in [0.2, 0.25) is 0 Å². The number of pyridine rings is 1. The molecule has 7 heteroatoms. The fraction of sp³-hybridized carbons (Fsp3) is 0.182. The summed E-state index contributed by atoms with van der Waals surface area (Å²) in [5.74, 6) is -0.833. The maximum absolute atomic E-state index is 12.8. The maximum Gasteiger partial charge on any atom is 0.416 e. The quantitative estimate of drug-likeness (QED) is 0.546. The summed E-state index contributed by atoms with van der Waals surface area (Å²) in [7, 11) is 0. The highest BCUT2D eigenvalue weighted by Gasteiger charge is 2.30. The third-order valence-electron chi connectivity index (χ3n) is 3.91. The number of carboxylic acids is 1. The number of nitrogens with one attached hydrogen (secondary N) is 1. The molecular formula is C22H21F3N2O2. The van der Waals surface area contributed by atoms with E-state index in [2.05, 4.69) is 16.4 Å². The molecule has 0 unspecified atom stereocenters. The number of benzene rings is 2. The van der Waals surface area contributed by atoms with E-state index in [0.29, 0.717) is 11.3 Å². The van der Waals surface area contributed by atoms with Crippen LogP contribution in [-0.2, 0) is 11.0 Å². The van der Waals surface area contributed by atoms with E-state index < -0.39 is 17.7 Å². The lowest BCUT2D eigenvalue weighted by atomic mass is 10.1. The Labute approximate surface area is 167 Å². The van der Waals surface area contributed by atoms with Gasteiger partial charge < -0.3 is 10.4 Å². The molecule has 152 valence electrons. The third-order valence-corrected chi connectivity index (χ3v) is 3.91. The average Bonchev–Trinajstić information content (AvgIpc) is 2.64. The number of hydrogen-bond donors (Lipinski definition) is 2. The third kappa shape index (κ3) is 6.64. The second-order valence-electron chi connectivity index (χ2n) is 6.47. The number of halogens is 3. The van der Waals surface area contributed by atoms with Gasteiger partial charge in [0.15, 0.2) is 0 Å². The topological polar surface area (TPSA) is 62.2 Å². The molecule has 1 aromatic heterocycles. The van der Waals surface area contributed by atoms with Crippen LogP contribution >= 0.6 is 0 Å². The first-order chi connectivity index (χ1) is 13.6. The van der Waals surface area contributed by atoms with Gasteiger partial charge in [0, 0.05) is 18.2 Å². The summed E-state index contributed by atoms with van der Waals surface area (Å²) in [4.78, 5) is 13.3. The van der Waals surface area contributed by atoms with Gasteiger partial charge in [-0.3, -0.25) is 9.78 Å². The Kier molecular flexibility index (Phi) is 6.98. The number of rotatable bonds is 3. The maximum atomic E-state index is 12.8. The summed E-state index contributed by atoms with van der Waals surface area (Å²) in [6.07, 6.45) is -2.74. The van der Waals surface area contributed by atoms with Crippen molar-refractivity contribution >= 4 is 17.3 Å². The van der Waals surface area contributed by atoms with Crippen molar-refractivity contribution in [2.75, 3.05) is 5.32 Å². The fourth-order valence-corrected chi connectivity index (χ4v) is 2.60. The number of aryl methyl sites for hydroxylation is 2. The first-order valence-electron chi connectivity index (χ1n) is 8.74. The molecule has 0 fully saturated rings. The van der Waals surface area contributed by atoms with Gasteiger partial charge in [0.05, 0.1) is 23.1 Å². The molecule has 3 aromatic rings. The van der Waals surface area contributed by atoms with E-state index in [0.717, 1.165) is 36.0 Å². The summed E-state index contributed by atoms with van der Waals surface area (Å²) < 4.78 is 38.5. The molecule has 0 spiro atoms. The van der Waals surface area contributed by atoms with Crippen LogP contribution in [0, 0.1) is 13.8 Å². The van der Waals surface area contributed by atoms with Crippen molar-refractivity contribution in [1.82, 2.24) is 4.98 Å². The molecule has 0 saturated carbocycles. The van der Waals surface area contributed by atoms with Gasteiger partial charge in [-0.1, -0.05) is 29.8 Å². The standard InChI is InChI=1S/C20H17F3N2.C2H4O2/c1-13-6-8-18(14(2)10-13)25-17-7-9-19(24-12-17)15-4-3-5-16(11-15)20(21,22)23;1-2(3)4/h3-12,25H,1-2H3;1H3,(H,3,4). The Bertz CT molecular complexity index is 980. The second kappa shape index (κ2) is 9.23. The molecule has 0 radical (unpaired) electrons. The Balaban J connectivity index is 0.000000687. The van der Waals surface area contributed by atoms with Crippen molar-refractivity contribution < 1.29 is 23.1 Å². The number of carboxylic acid groups (broad SMARTS) is 1. The van der Waals surface area contributed by atoms with Crippen LogP contribution < -0.4 is 5.32 Å². The molecular weight excluding hydrogens is 381 g/mol. The normalized spacial score (nSPS) is 10.7. The van der Waals surface area contributed by atoms with Gasteiger partial charge in [-0.15, -0.1) is 0 Å². The zero-order valence-electron chi connectivity index (χ0n) is 16.2. The van der Waals surface area contributed by atoms with Crippen LogP contribution in [0.1, 0.15) is 23.6 Å². The van der Waals surface area contributed by atoms with Crippen molar-refractivity contribution in [1.29, 1.82) is 0 Å². The number of nitrogens with zero attached hydrogens (tertiary/aromatic N) is 1. The van der Waals surface area contributed by atoms with Crippen LogP contribution in [0.3, 0.4) is 0 Å². The van der Waals surface area contributed by atoms with Crippen LogP contribution in [0.15, 0.2) is 60.8 Å². The van der Waals surface area contributed by atoms with Gasteiger partial charge in [-0.2, -0.15) is 13.2 Å². The fourth-order valence-electron chi connectivity index (χ4n) is 2.60. The van der Waals surface area contributed by atoms with Gasteiger partial charge in [0.25, 0.3) is 5.97 Å². The summed E-state index contributed by atoms with van der Waals surface area (Å²) in [6, 6.07) is 14.8. The first-order valence-corrected chi connectivity index (χ1v) is 8.74. The molecule has 2 aromatic carbocycles. The number of aliphatic carboxylic acids is 1. The molecule has 0 aliphatic rings. The van der Waals surface area contributed by atoms with E-state index in [1.807, 2.05) is 32.0 Å². The van der Waals surface area contributed by atoms with E-state index >= 15 is 0 Å². The molecule has 2 N–H and O–H groups in total. The van der Waals surface area contributed by atoms with E-state index in [-0.39, 0.29) is 0 Å². The highest BCUT2D eigenvalue weighted by Crippen LogP contribution is 2.32. The largest absolute Gasteiger partial charge is 0.481 e. The van der Waals surface area contributed by atoms with Crippen LogP contribution in [0.5, 0.6) is 0 Å². The van der Waals surface area contributed by atoms with Gasteiger partial charge in [-0.05, 0) is 49.7 Å². The minimum Gasteiger partial charge on any atom is -0.481 e. The molecule has 0 bridgehead atoms. The average molecular weight is 402 g/mol. The minimum atomic E-state index is -4.36. The molecule has 1 heterocycles. The number of carbonyl (C=O) groups is 1. The summed E-state index contributed by atoms with van der Waals surface area (Å²) in [6.45, 7) is 5.13. The van der Waals surface area contributed by atoms with Crippen LogP contribution in [-0.4, -0.2) is 16.1 Å². The van der Waals surface area contributed by atoms with E-state index in [1.165, 1.54) is 11.6 Å². The van der Waals surface area contributed by atoms with Gasteiger partial charge in [0.2, 0.25) is 0 Å². The van der Waals surface area contributed by atoms with Crippen LogP contribution in [0.25, 0.3) is 11.3 Å². The first kappa shape index (κ1) is 21.9. The summed E-state index contributed by atoms with van der Waals surface area (Å²) in [5.41, 5.74) is 4.30. The second-order valence-corrected chi connectivity index (χ2v) is 6.47. The zero-order chi connectivity index (χ0) is 21.6. The molecule has 29 heavy (non-hydrogen) atoms. The number of aromatic nitrogens is 1. The SMILES string of the molecule is CC(=O)O.Cc1ccc(Nc2ccc(-c3cccc(C(F)(F)F)c3)nc2)c(C)c1. The van der Waals surface area contributed by atoms with E-state index in [4.69, 9.17) is 9.90 Å². The lowest BCUT2D eigenvalue weighted by Crippen LogP contribution is -2.04. The van der Waals surface area contributed by atoms with Crippen molar-refractivity contribution in [3.63, 3.8) is 0 Å². The van der Waals surface area contributed by atoms with Crippen molar-refractivity contribution in [2.24, 2.45) is 0 Å². The molecule has 0 aliphatic carbocycles. The van der Waals surface area contributed by atoms with Gasteiger partial charge >= 0.3 is 6.18 Å². The monoisotopic (exact) mass is 402 g/mol. The number of alkyl halides is 3. The molecule has 3 rings (SSSR count). The van der Waals surface area contributed by atoms with Crippen molar-refractivity contribution in [3.8, 4) is 11.3 Å². The molecule has 4 nitrogen and oxygen atoms in total. The molecule has 0 aliphatic heterocycles. The summed E-state index contributed by atoms with van der Waals surface area (Å²) in [5, 5.41) is 10.7. The number of anilines is 2. The van der Waals surface area contributed by atoms with Crippen LogP contribution in [0.4, 0.5) is 24.5 Å². The smallest absolute Gasteiger partial charge is 0.416 e. The Hall–Kier alpha value is -3.35. The highest BCUT2D eigenvalue weighted by atomic mass is 19.4. The van der Waals surface area contributed by atoms with E-state index in [1.54, 1.807) is 18.3 Å². The lowest BCUT2D eigenvalue weighted by Gasteiger charge is -2.11. The molecule has 0 saturated heterocycles. The molecule has 0 atom stereocenters. The Morgan fingerprint density at radius 2 is 1.72 bits per heavy atom. The van der Waals surface area contributed by atoms with Crippen molar-refractivity contribution in [3.05, 3.63) is 77.5 Å². The van der Waals surface area contributed by atoms with E-state index in [9.17, 15) is 13.2 Å².